The fourth-order valence-electron chi connectivity index (χ4n) is 1.80. The van der Waals surface area contributed by atoms with Gasteiger partial charge in [-0.3, -0.25) is 5.41 Å². The van der Waals surface area contributed by atoms with Crippen LogP contribution in [0.3, 0.4) is 0 Å². The highest BCUT2D eigenvalue weighted by molar-refractivity contribution is 5.83. The summed E-state index contributed by atoms with van der Waals surface area (Å²) in [6.07, 6.45) is 2.06. The molecule has 1 aliphatic rings. The van der Waals surface area contributed by atoms with Crippen molar-refractivity contribution >= 4 is 5.84 Å². The fourth-order valence-corrected chi connectivity index (χ4v) is 1.80. The summed E-state index contributed by atoms with van der Waals surface area (Å²) in [5.74, 6) is 0.357. The quantitative estimate of drug-likeness (QED) is 0.502. The van der Waals surface area contributed by atoms with Gasteiger partial charge in [0.15, 0.2) is 0 Å². The number of likely N-dealkylation sites (tertiary alicyclic amines) is 1. The molecule has 1 heterocycles. The molecule has 0 spiro atoms. The van der Waals surface area contributed by atoms with E-state index in [0.717, 1.165) is 25.9 Å². The lowest BCUT2D eigenvalue weighted by Crippen LogP contribution is -2.47. The molecule has 0 amide bonds. The maximum absolute atomic E-state index is 7.52. The molecule has 0 aromatic carbocycles. The van der Waals surface area contributed by atoms with Crippen molar-refractivity contribution in [3.63, 3.8) is 0 Å². The third kappa shape index (κ3) is 2.21. The molecule has 1 fully saturated rings. The minimum Gasteiger partial charge on any atom is -0.387 e. The summed E-state index contributed by atoms with van der Waals surface area (Å²) >= 11 is 0. The van der Waals surface area contributed by atoms with Crippen LogP contribution in [0.5, 0.6) is 0 Å². The van der Waals surface area contributed by atoms with E-state index in [2.05, 4.69) is 25.7 Å². The summed E-state index contributed by atoms with van der Waals surface area (Å²) in [4.78, 5) is 2.45. The fraction of sp³-hybridized carbons (Fsp3) is 0.900. The Bertz CT molecular complexity index is 190. The molecule has 76 valence electrons. The second-order valence-corrected chi connectivity index (χ2v) is 4.60. The second-order valence-electron chi connectivity index (χ2n) is 4.60. The SMILES string of the molecule is CC(C)N1CCC(C)(C(=N)N)CC1. The Hall–Kier alpha value is -0.570. The molecule has 3 nitrogen and oxygen atoms in total. The van der Waals surface area contributed by atoms with Crippen molar-refractivity contribution in [2.45, 2.75) is 39.7 Å². The first-order valence-electron chi connectivity index (χ1n) is 5.04. The molecular formula is C10H21N3. The lowest BCUT2D eigenvalue weighted by Gasteiger charge is -2.40. The van der Waals surface area contributed by atoms with Gasteiger partial charge in [-0.05, 0) is 39.8 Å². The van der Waals surface area contributed by atoms with Crippen LogP contribution in [0.2, 0.25) is 0 Å². The first-order chi connectivity index (χ1) is 5.96. The minimum atomic E-state index is -0.0363. The van der Waals surface area contributed by atoms with E-state index in [1.165, 1.54) is 0 Å². The molecular weight excluding hydrogens is 162 g/mol. The van der Waals surface area contributed by atoms with E-state index >= 15 is 0 Å². The van der Waals surface area contributed by atoms with Crippen molar-refractivity contribution in [3.05, 3.63) is 0 Å². The smallest absolute Gasteiger partial charge is 0.0966 e. The molecule has 1 aliphatic heterocycles. The highest BCUT2D eigenvalue weighted by Gasteiger charge is 2.33. The third-order valence-corrected chi connectivity index (χ3v) is 3.28. The molecule has 0 aromatic rings. The number of amidine groups is 1. The number of nitrogens with zero attached hydrogens (tertiary/aromatic N) is 1. The Balaban J connectivity index is 2.51. The number of piperidine rings is 1. The molecule has 0 aromatic heterocycles. The predicted molar refractivity (Wildman–Crippen MR) is 56.0 cm³/mol. The molecule has 0 bridgehead atoms. The summed E-state index contributed by atoms with van der Waals surface area (Å²) in [5.41, 5.74) is 5.55. The standard InChI is InChI=1S/C10H21N3/c1-8(2)13-6-4-10(3,5-7-13)9(11)12/h8H,4-7H2,1-3H3,(H3,11,12). The molecule has 0 atom stereocenters. The monoisotopic (exact) mass is 183 g/mol. The maximum Gasteiger partial charge on any atom is 0.0966 e. The number of hydrogen-bond acceptors (Lipinski definition) is 2. The van der Waals surface area contributed by atoms with Gasteiger partial charge in [0.25, 0.3) is 0 Å². The summed E-state index contributed by atoms with van der Waals surface area (Å²) in [5, 5.41) is 7.52. The van der Waals surface area contributed by atoms with Crippen molar-refractivity contribution in [1.29, 1.82) is 5.41 Å². The third-order valence-electron chi connectivity index (χ3n) is 3.28. The summed E-state index contributed by atoms with van der Waals surface area (Å²) in [6, 6.07) is 0.622. The largest absolute Gasteiger partial charge is 0.387 e. The van der Waals surface area contributed by atoms with E-state index in [0.29, 0.717) is 11.9 Å². The molecule has 3 N–H and O–H groups in total. The van der Waals surface area contributed by atoms with Crippen molar-refractivity contribution < 1.29 is 0 Å². The van der Waals surface area contributed by atoms with Crippen LogP contribution >= 0.6 is 0 Å². The molecule has 0 unspecified atom stereocenters. The van der Waals surface area contributed by atoms with Crippen LogP contribution in [0.4, 0.5) is 0 Å². The van der Waals surface area contributed by atoms with Gasteiger partial charge in [-0.25, -0.2) is 0 Å². The number of rotatable bonds is 2. The normalized spacial score (nSPS) is 23.4. The first kappa shape index (κ1) is 10.5. The van der Waals surface area contributed by atoms with Crippen LogP contribution in [-0.4, -0.2) is 29.9 Å². The van der Waals surface area contributed by atoms with E-state index < -0.39 is 0 Å². The Labute approximate surface area is 80.8 Å². The van der Waals surface area contributed by atoms with Gasteiger partial charge in [0, 0.05) is 11.5 Å². The summed E-state index contributed by atoms with van der Waals surface area (Å²) in [7, 11) is 0. The van der Waals surface area contributed by atoms with E-state index in [9.17, 15) is 0 Å². The summed E-state index contributed by atoms with van der Waals surface area (Å²) in [6.45, 7) is 8.70. The predicted octanol–water partition coefficient (Wildman–Crippen LogP) is 1.43. The van der Waals surface area contributed by atoms with Crippen molar-refractivity contribution in [3.8, 4) is 0 Å². The van der Waals surface area contributed by atoms with Gasteiger partial charge in [-0.15, -0.1) is 0 Å². The van der Waals surface area contributed by atoms with Gasteiger partial charge >= 0.3 is 0 Å². The van der Waals surface area contributed by atoms with Crippen molar-refractivity contribution in [2.75, 3.05) is 13.1 Å². The van der Waals surface area contributed by atoms with Gasteiger partial charge in [0.2, 0.25) is 0 Å². The van der Waals surface area contributed by atoms with Gasteiger partial charge in [-0.2, -0.15) is 0 Å². The van der Waals surface area contributed by atoms with Gasteiger partial charge in [0.1, 0.15) is 0 Å². The van der Waals surface area contributed by atoms with E-state index in [1.54, 1.807) is 0 Å². The maximum atomic E-state index is 7.52. The average molecular weight is 183 g/mol. The topological polar surface area (TPSA) is 53.1 Å². The van der Waals surface area contributed by atoms with Crippen molar-refractivity contribution in [1.82, 2.24) is 4.90 Å². The molecule has 13 heavy (non-hydrogen) atoms. The number of nitrogens with one attached hydrogen (secondary N) is 1. The molecule has 0 saturated carbocycles. The first-order valence-corrected chi connectivity index (χ1v) is 5.04. The van der Waals surface area contributed by atoms with E-state index in [-0.39, 0.29) is 5.41 Å². The zero-order valence-corrected chi connectivity index (χ0v) is 8.93. The van der Waals surface area contributed by atoms with Crippen LogP contribution in [0.1, 0.15) is 33.6 Å². The molecule has 1 saturated heterocycles. The Morgan fingerprint density at radius 2 is 1.85 bits per heavy atom. The van der Waals surface area contributed by atoms with Gasteiger partial charge in [0.05, 0.1) is 5.84 Å². The lowest BCUT2D eigenvalue weighted by atomic mass is 9.79. The van der Waals surface area contributed by atoms with Crippen molar-refractivity contribution in [2.24, 2.45) is 11.1 Å². The molecule has 3 heteroatoms. The van der Waals surface area contributed by atoms with E-state index in [4.69, 9.17) is 11.1 Å². The van der Waals surface area contributed by atoms with Crippen LogP contribution in [0.15, 0.2) is 0 Å². The van der Waals surface area contributed by atoms with Crippen LogP contribution < -0.4 is 5.73 Å². The highest BCUT2D eigenvalue weighted by Crippen LogP contribution is 2.31. The van der Waals surface area contributed by atoms with Crippen LogP contribution in [-0.2, 0) is 0 Å². The zero-order valence-electron chi connectivity index (χ0n) is 8.93. The molecule has 0 radical (unpaired) electrons. The molecule has 0 aliphatic carbocycles. The Morgan fingerprint density at radius 1 is 1.38 bits per heavy atom. The lowest BCUT2D eigenvalue weighted by molar-refractivity contribution is 0.131. The van der Waals surface area contributed by atoms with E-state index in [1.807, 2.05) is 0 Å². The van der Waals surface area contributed by atoms with Crippen LogP contribution in [0, 0.1) is 10.8 Å². The Kier molecular flexibility index (Phi) is 2.96. The molecule has 1 rings (SSSR count). The zero-order chi connectivity index (χ0) is 10.1. The van der Waals surface area contributed by atoms with Gasteiger partial charge in [-0.1, -0.05) is 6.92 Å². The number of hydrogen-bond donors (Lipinski definition) is 2. The number of nitrogens with two attached hydrogens (primary N) is 1. The summed E-state index contributed by atoms with van der Waals surface area (Å²) < 4.78 is 0. The highest BCUT2D eigenvalue weighted by atomic mass is 15.2. The van der Waals surface area contributed by atoms with Gasteiger partial charge < -0.3 is 10.6 Å². The van der Waals surface area contributed by atoms with Crippen LogP contribution in [0.25, 0.3) is 0 Å². The second kappa shape index (κ2) is 3.66. The Morgan fingerprint density at radius 3 is 2.15 bits per heavy atom. The average Bonchev–Trinajstić information content (AvgIpc) is 2.04. The minimum absolute atomic E-state index is 0.0363.